The zero-order chi connectivity index (χ0) is 9.84. The molecule has 0 saturated carbocycles. The van der Waals surface area contributed by atoms with Crippen molar-refractivity contribution < 1.29 is 18.6 Å². The second kappa shape index (κ2) is 4.18. The van der Waals surface area contributed by atoms with Crippen LogP contribution in [0.15, 0.2) is 18.2 Å². The van der Waals surface area contributed by atoms with E-state index in [1.807, 2.05) is 0 Å². The Morgan fingerprint density at radius 2 is 2.15 bits per heavy atom. The van der Waals surface area contributed by atoms with Crippen molar-refractivity contribution in [1.82, 2.24) is 0 Å². The molecule has 2 nitrogen and oxygen atoms in total. The van der Waals surface area contributed by atoms with E-state index in [1.165, 1.54) is 19.1 Å². The monoisotopic (exact) mass is 188 g/mol. The summed E-state index contributed by atoms with van der Waals surface area (Å²) in [7, 11) is 0. The van der Waals surface area contributed by atoms with Gasteiger partial charge in [-0.2, -0.15) is 4.39 Å². The molecule has 0 fully saturated rings. The molecule has 0 amide bonds. The molecule has 4 heteroatoms. The summed E-state index contributed by atoms with van der Waals surface area (Å²) in [5, 5.41) is 8.83. The number of hydrogen-bond acceptors (Lipinski definition) is 2. The maximum absolute atomic E-state index is 12.9. The Hall–Kier alpha value is -1.16. The molecule has 0 heterocycles. The third-order valence-corrected chi connectivity index (χ3v) is 1.40. The Morgan fingerprint density at radius 3 is 2.77 bits per heavy atom. The highest BCUT2D eigenvalue weighted by Crippen LogP contribution is 2.18. The zero-order valence-corrected chi connectivity index (χ0v) is 7.13. The highest BCUT2D eigenvalue weighted by atomic mass is 19.2. The fraction of sp³-hybridized carbons (Fsp3) is 0.333. The van der Waals surface area contributed by atoms with E-state index in [0.717, 1.165) is 6.07 Å². The van der Waals surface area contributed by atoms with Crippen LogP contribution in [0.5, 0.6) is 5.75 Å². The van der Waals surface area contributed by atoms with Crippen LogP contribution in [-0.4, -0.2) is 17.8 Å². The highest BCUT2D eigenvalue weighted by Gasteiger charge is 2.08. The molecule has 13 heavy (non-hydrogen) atoms. The SMILES string of the molecule is C[C@@H](O)COc1cccc(F)c1F. The van der Waals surface area contributed by atoms with E-state index >= 15 is 0 Å². The summed E-state index contributed by atoms with van der Waals surface area (Å²) in [6, 6.07) is 3.65. The molecule has 0 aliphatic carbocycles. The average Bonchev–Trinajstić information content (AvgIpc) is 2.07. The molecule has 0 saturated heterocycles. The van der Waals surface area contributed by atoms with E-state index in [9.17, 15) is 8.78 Å². The van der Waals surface area contributed by atoms with Gasteiger partial charge in [0.2, 0.25) is 5.82 Å². The third-order valence-electron chi connectivity index (χ3n) is 1.40. The number of hydrogen-bond donors (Lipinski definition) is 1. The van der Waals surface area contributed by atoms with Crippen LogP contribution in [-0.2, 0) is 0 Å². The van der Waals surface area contributed by atoms with Crippen molar-refractivity contribution in [1.29, 1.82) is 0 Å². The second-order valence-corrected chi connectivity index (χ2v) is 2.71. The van der Waals surface area contributed by atoms with Crippen LogP contribution in [0, 0.1) is 11.6 Å². The predicted molar refractivity (Wildman–Crippen MR) is 43.5 cm³/mol. The molecule has 0 unspecified atom stereocenters. The fourth-order valence-corrected chi connectivity index (χ4v) is 0.806. The number of aliphatic hydroxyl groups excluding tert-OH is 1. The van der Waals surface area contributed by atoms with Crippen LogP contribution in [0.1, 0.15) is 6.92 Å². The molecule has 1 N–H and O–H groups in total. The molecule has 0 aliphatic rings. The largest absolute Gasteiger partial charge is 0.488 e. The third kappa shape index (κ3) is 2.66. The predicted octanol–water partition coefficient (Wildman–Crippen LogP) is 1.72. The number of aliphatic hydroxyl groups is 1. The molecule has 1 aromatic rings. The summed E-state index contributed by atoms with van der Waals surface area (Å²) in [6.07, 6.45) is -0.706. The van der Waals surface area contributed by atoms with Crippen LogP contribution in [0.25, 0.3) is 0 Å². The molecule has 72 valence electrons. The Labute approximate surface area is 74.8 Å². The number of ether oxygens (including phenoxy) is 1. The molecule has 1 rings (SSSR count). The first-order chi connectivity index (χ1) is 6.11. The van der Waals surface area contributed by atoms with Gasteiger partial charge in [0.05, 0.1) is 6.10 Å². The molecule has 0 spiro atoms. The molecule has 1 atom stereocenters. The fourth-order valence-electron chi connectivity index (χ4n) is 0.806. The average molecular weight is 188 g/mol. The summed E-state index contributed by atoms with van der Waals surface area (Å²) in [5.41, 5.74) is 0. The maximum atomic E-state index is 12.9. The first-order valence-corrected chi connectivity index (χ1v) is 3.86. The Bertz CT molecular complexity index is 287. The number of rotatable bonds is 3. The van der Waals surface area contributed by atoms with Crippen molar-refractivity contribution in [3.05, 3.63) is 29.8 Å². The van der Waals surface area contributed by atoms with Gasteiger partial charge in [-0.05, 0) is 19.1 Å². The van der Waals surface area contributed by atoms with Crippen LogP contribution in [0.2, 0.25) is 0 Å². The summed E-state index contributed by atoms with van der Waals surface area (Å²) in [6.45, 7) is 1.44. The van der Waals surface area contributed by atoms with E-state index in [-0.39, 0.29) is 12.4 Å². The van der Waals surface area contributed by atoms with Crippen molar-refractivity contribution in [3.8, 4) is 5.75 Å². The minimum atomic E-state index is -1.02. The lowest BCUT2D eigenvalue weighted by Crippen LogP contribution is -2.13. The Balaban J connectivity index is 2.71. The van der Waals surface area contributed by atoms with Gasteiger partial charge in [-0.25, -0.2) is 4.39 Å². The lowest BCUT2D eigenvalue weighted by Gasteiger charge is -2.08. The summed E-state index contributed by atoms with van der Waals surface area (Å²) in [5.74, 6) is -2.16. The molecular formula is C9H10F2O2. The molecule has 0 radical (unpaired) electrons. The van der Waals surface area contributed by atoms with Crippen LogP contribution in [0.3, 0.4) is 0 Å². The van der Waals surface area contributed by atoms with Gasteiger partial charge in [0.15, 0.2) is 11.6 Å². The van der Waals surface area contributed by atoms with E-state index in [1.54, 1.807) is 0 Å². The van der Waals surface area contributed by atoms with Gasteiger partial charge in [0, 0.05) is 0 Å². The van der Waals surface area contributed by atoms with Gasteiger partial charge in [-0.1, -0.05) is 6.07 Å². The first-order valence-electron chi connectivity index (χ1n) is 3.86. The van der Waals surface area contributed by atoms with Crippen LogP contribution >= 0.6 is 0 Å². The van der Waals surface area contributed by atoms with E-state index in [4.69, 9.17) is 9.84 Å². The van der Waals surface area contributed by atoms with Crippen molar-refractivity contribution in [2.24, 2.45) is 0 Å². The molecule has 0 aromatic heterocycles. The van der Waals surface area contributed by atoms with Crippen molar-refractivity contribution in [3.63, 3.8) is 0 Å². The quantitative estimate of drug-likeness (QED) is 0.782. The minimum absolute atomic E-state index is 0.0552. The van der Waals surface area contributed by atoms with Crippen molar-refractivity contribution in [2.45, 2.75) is 13.0 Å². The summed E-state index contributed by atoms with van der Waals surface area (Å²) in [4.78, 5) is 0. The second-order valence-electron chi connectivity index (χ2n) is 2.71. The smallest absolute Gasteiger partial charge is 0.200 e. The van der Waals surface area contributed by atoms with Gasteiger partial charge in [0.25, 0.3) is 0 Å². The maximum Gasteiger partial charge on any atom is 0.200 e. The van der Waals surface area contributed by atoms with Gasteiger partial charge in [0.1, 0.15) is 6.61 Å². The standard InChI is InChI=1S/C9H10F2O2/c1-6(12)5-13-8-4-2-3-7(10)9(8)11/h2-4,6,12H,5H2,1H3/t6-/m1/s1. The van der Waals surface area contributed by atoms with E-state index in [2.05, 4.69) is 0 Å². The zero-order valence-electron chi connectivity index (χ0n) is 7.13. The van der Waals surface area contributed by atoms with Gasteiger partial charge in [-0.3, -0.25) is 0 Å². The van der Waals surface area contributed by atoms with Crippen LogP contribution < -0.4 is 4.74 Å². The highest BCUT2D eigenvalue weighted by molar-refractivity contribution is 5.24. The lowest BCUT2D eigenvalue weighted by atomic mass is 10.3. The molecular weight excluding hydrogens is 178 g/mol. The number of benzene rings is 1. The molecule has 0 bridgehead atoms. The Morgan fingerprint density at radius 1 is 1.46 bits per heavy atom. The van der Waals surface area contributed by atoms with Gasteiger partial charge >= 0.3 is 0 Å². The van der Waals surface area contributed by atoms with E-state index < -0.39 is 17.7 Å². The lowest BCUT2D eigenvalue weighted by molar-refractivity contribution is 0.119. The minimum Gasteiger partial charge on any atom is -0.488 e. The van der Waals surface area contributed by atoms with Crippen molar-refractivity contribution >= 4 is 0 Å². The summed E-state index contributed by atoms with van der Waals surface area (Å²) >= 11 is 0. The molecule has 1 aromatic carbocycles. The van der Waals surface area contributed by atoms with Crippen molar-refractivity contribution in [2.75, 3.05) is 6.61 Å². The molecule has 0 aliphatic heterocycles. The first kappa shape index (κ1) is 9.92. The van der Waals surface area contributed by atoms with E-state index in [0.29, 0.717) is 0 Å². The van der Waals surface area contributed by atoms with Gasteiger partial charge < -0.3 is 9.84 Å². The Kier molecular flexibility index (Phi) is 3.19. The summed E-state index contributed by atoms with van der Waals surface area (Å²) < 4.78 is 30.3. The topological polar surface area (TPSA) is 29.5 Å². The normalized spacial score (nSPS) is 12.6. The van der Waals surface area contributed by atoms with Crippen LogP contribution in [0.4, 0.5) is 8.78 Å². The number of halogens is 2. The van der Waals surface area contributed by atoms with Gasteiger partial charge in [-0.15, -0.1) is 0 Å².